The molecule has 2 aromatic heterocycles. The number of hydrogen-bond acceptors (Lipinski definition) is 4. The van der Waals surface area contributed by atoms with Gasteiger partial charge in [0, 0.05) is 29.6 Å². The first-order valence-electron chi connectivity index (χ1n) is 6.21. The van der Waals surface area contributed by atoms with Crippen molar-refractivity contribution in [2.45, 2.75) is 13.5 Å². The first-order valence-corrected chi connectivity index (χ1v) is 7.41. The number of halogens is 1. The van der Waals surface area contributed by atoms with Crippen LogP contribution in [0.5, 0.6) is 0 Å². The third-order valence-electron chi connectivity index (χ3n) is 2.90. The zero-order chi connectivity index (χ0) is 13.9. The van der Waals surface area contributed by atoms with Crippen LogP contribution in [0.1, 0.15) is 10.8 Å². The number of aryl methyl sites for hydroxylation is 1. The highest BCUT2D eigenvalue weighted by molar-refractivity contribution is 7.16. The molecule has 3 nitrogen and oxygen atoms in total. The Kier molecular flexibility index (Phi) is 3.76. The minimum absolute atomic E-state index is 0.678. The van der Waals surface area contributed by atoms with Gasteiger partial charge in [-0.3, -0.25) is 0 Å². The Balaban J connectivity index is 1.67. The molecule has 0 aliphatic heterocycles. The first-order chi connectivity index (χ1) is 9.70. The maximum absolute atomic E-state index is 5.91. The topological polar surface area (TPSA) is 38.1 Å². The zero-order valence-corrected chi connectivity index (χ0v) is 12.5. The lowest BCUT2D eigenvalue weighted by molar-refractivity contribution is 0.521. The van der Waals surface area contributed by atoms with Gasteiger partial charge in [0.25, 0.3) is 0 Å². The fourth-order valence-electron chi connectivity index (χ4n) is 1.89. The third-order valence-corrected chi connectivity index (χ3v) is 4.13. The second-order valence-electron chi connectivity index (χ2n) is 4.39. The predicted octanol–water partition coefficient (Wildman–Crippen LogP) is 4.98. The molecule has 0 saturated carbocycles. The smallest absolute Gasteiger partial charge is 0.191 e. The molecule has 0 aliphatic carbocycles. The summed E-state index contributed by atoms with van der Waals surface area (Å²) in [5, 5.41) is 3.37. The van der Waals surface area contributed by atoms with Crippen LogP contribution >= 0.6 is 22.9 Å². The first kappa shape index (κ1) is 13.2. The van der Waals surface area contributed by atoms with E-state index in [2.05, 4.69) is 10.3 Å². The van der Waals surface area contributed by atoms with Crippen molar-refractivity contribution in [3.8, 4) is 11.3 Å². The predicted molar refractivity (Wildman–Crippen MR) is 83.3 cm³/mol. The van der Waals surface area contributed by atoms with Crippen LogP contribution in [-0.4, -0.2) is 4.98 Å². The molecule has 0 unspecified atom stereocenters. The lowest BCUT2D eigenvalue weighted by atomic mass is 10.1. The summed E-state index contributed by atoms with van der Waals surface area (Å²) >= 11 is 7.50. The highest BCUT2D eigenvalue weighted by Gasteiger charge is 2.03. The van der Waals surface area contributed by atoms with E-state index < -0.39 is 0 Å². The van der Waals surface area contributed by atoms with Crippen LogP contribution < -0.4 is 5.32 Å². The number of anilines is 1. The maximum atomic E-state index is 5.91. The van der Waals surface area contributed by atoms with Gasteiger partial charge in [0.15, 0.2) is 5.89 Å². The van der Waals surface area contributed by atoms with Gasteiger partial charge in [-0.15, -0.1) is 11.3 Å². The molecule has 0 saturated heterocycles. The fraction of sp³-hybridized carbons (Fsp3) is 0.133. The van der Waals surface area contributed by atoms with E-state index in [9.17, 15) is 0 Å². The summed E-state index contributed by atoms with van der Waals surface area (Å²) in [6, 6.07) is 12.1. The van der Waals surface area contributed by atoms with Crippen LogP contribution in [0, 0.1) is 6.92 Å². The Hall–Kier alpha value is -1.78. The van der Waals surface area contributed by atoms with E-state index in [0.717, 1.165) is 27.8 Å². The number of rotatable bonds is 4. The average molecular weight is 305 g/mol. The van der Waals surface area contributed by atoms with Gasteiger partial charge in [0.05, 0.1) is 4.34 Å². The number of aromatic nitrogens is 1. The highest BCUT2D eigenvalue weighted by atomic mass is 35.5. The summed E-state index contributed by atoms with van der Waals surface area (Å²) in [7, 11) is 0. The van der Waals surface area contributed by atoms with Crippen molar-refractivity contribution in [2.75, 3.05) is 5.32 Å². The summed E-state index contributed by atoms with van der Waals surface area (Å²) in [5.41, 5.74) is 2.98. The van der Waals surface area contributed by atoms with Crippen LogP contribution in [0.2, 0.25) is 4.34 Å². The zero-order valence-electron chi connectivity index (χ0n) is 10.9. The molecule has 0 fully saturated rings. The Morgan fingerprint density at radius 2 is 2.00 bits per heavy atom. The molecular weight excluding hydrogens is 292 g/mol. The van der Waals surface area contributed by atoms with Crippen molar-refractivity contribution in [3.05, 3.63) is 57.8 Å². The summed E-state index contributed by atoms with van der Waals surface area (Å²) in [5.74, 6) is 0.678. The molecule has 0 amide bonds. The van der Waals surface area contributed by atoms with Gasteiger partial charge in [0.1, 0.15) is 12.0 Å². The molecule has 0 bridgehead atoms. The second-order valence-corrected chi connectivity index (χ2v) is 6.19. The van der Waals surface area contributed by atoms with E-state index in [-0.39, 0.29) is 0 Å². The molecule has 1 aromatic carbocycles. The van der Waals surface area contributed by atoms with E-state index in [1.807, 2.05) is 43.3 Å². The van der Waals surface area contributed by atoms with E-state index in [1.165, 1.54) is 4.88 Å². The molecule has 102 valence electrons. The monoisotopic (exact) mass is 304 g/mol. The average Bonchev–Trinajstić information content (AvgIpc) is 3.06. The number of benzene rings is 1. The molecule has 1 N–H and O–H groups in total. The van der Waals surface area contributed by atoms with Crippen molar-refractivity contribution in [2.24, 2.45) is 0 Å². The van der Waals surface area contributed by atoms with Gasteiger partial charge in [-0.2, -0.15) is 0 Å². The Morgan fingerprint density at radius 3 is 2.60 bits per heavy atom. The van der Waals surface area contributed by atoms with Crippen LogP contribution in [0.15, 0.2) is 47.1 Å². The summed E-state index contributed by atoms with van der Waals surface area (Å²) in [6.07, 6.45) is 1.67. The van der Waals surface area contributed by atoms with Crippen LogP contribution in [0.25, 0.3) is 11.3 Å². The van der Waals surface area contributed by atoms with E-state index in [0.29, 0.717) is 5.89 Å². The molecule has 0 atom stereocenters. The molecule has 3 aromatic rings. The van der Waals surface area contributed by atoms with Gasteiger partial charge >= 0.3 is 0 Å². The van der Waals surface area contributed by atoms with Gasteiger partial charge in [0.2, 0.25) is 0 Å². The Bertz CT molecular complexity index is 703. The van der Waals surface area contributed by atoms with Gasteiger partial charge in [-0.05, 0) is 24.3 Å². The summed E-state index contributed by atoms with van der Waals surface area (Å²) in [6.45, 7) is 2.62. The van der Waals surface area contributed by atoms with Gasteiger partial charge in [-0.25, -0.2) is 4.98 Å². The van der Waals surface area contributed by atoms with E-state index in [4.69, 9.17) is 16.0 Å². The number of nitrogens with zero attached hydrogens (tertiary/aromatic N) is 1. The Labute approximate surface area is 126 Å². The fourth-order valence-corrected chi connectivity index (χ4v) is 2.92. The molecule has 0 radical (unpaired) electrons. The number of thiophene rings is 1. The number of oxazole rings is 1. The minimum atomic E-state index is 0.678. The van der Waals surface area contributed by atoms with Crippen molar-refractivity contribution in [3.63, 3.8) is 0 Å². The SMILES string of the molecule is Cc1nc(-c2ccc(NCc3ccc(Cl)s3)cc2)co1. The minimum Gasteiger partial charge on any atom is -0.449 e. The normalized spacial score (nSPS) is 10.7. The molecule has 3 rings (SSSR count). The van der Waals surface area contributed by atoms with Crippen molar-refractivity contribution in [1.29, 1.82) is 0 Å². The summed E-state index contributed by atoms with van der Waals surface area (Å²) in [4.78, 5) is 5.52. The Morgan fingerprint density at radius 1 is 1.20 bits per heavy atom. The molecular formula is C15H13ClN2OS. The third kappa shape index (κ3) is 3.03. The quantitative estimate of drug-likeness (QED) is 0.739. The highest BCUT2D eigenvalue weighted by Crippen LogP contribution is 2.24. The lowest BCUT2D eigenvalue weighted by Crippen LogP contribution is -1.96. The molecule has 20 heavy (non-hydrogen) atoms. The largest absolute Gasteiger partial charge is 0.449 e. The molecule has 0 spiro atoms. The standard InChI is InChI=1S/C15H13ClN2OS/c1-10-18-14(9-19-10)11-2-4-12(5-3-11)17-8-13-6-7-15(16)20-13/h2-7,9,17H,8H2,1H3. The van der Waals surface area contributed by atoms with Gasteiger partial charge in [-0.1, -0.05) is 23.7 Å². The van der Waals surface area contributed by atoms with Crippen molar-refractivity contribution in [1.82, 2.24) is 4.98 Å². The molecule has 5 heteroatoms. The van der Waals surface area contributed by atoms with Crippen LogP contribution in [0.3, 0.4) is 0 Å². The number of nitrogens with one attached hydrogen (secondary N) is 1. The molecule has 0 aliphatic rings. The van der Waals surface area contributed by atoms with Crippen LogP contribution in [-0.2, 0) is 6.54 Å². The summed E-state index contributed by atoms with van der Waals surface area (Å²) < 4.78 is 6.04. The lowest BCUT2D eigenvalue weighted by Gasteiger charge is -2.05. The second kappa shape index (κ2) is 5.69. The van der Waals surface area contributed by atoms with Crippen LogP contribution in [0.4, 0.5) is 5.69 Å². The van der Waals surface area contributed by atoms with E-state index >= 15 is 0 Å². The van der Waals surface area contributed by atoms with E-state index in [1.54, 1.807) is 17.6 Å². The molecule has 2 heterocycles. The number of hydrogen-bond donors (Lipinski definition) is 1. The maximum Gasteiger partial charge on any atom is 0.191 e. The van der Waals surface area contributed by atoms with Crippen molar-refractivity contribution < 1.29 is 4.42 Å². The van der Waals surface area contributed by atoms with Crippen molar-refractivity contribution >= 4 is 28.6 Å². The van der Waals surface area contributed by atoms with Gasteiger partial charge < -0.3 is 9.73 Å².